The van der Waals surface area contributed by atoms with Gasteiger partial charge in [-0.25, -0.2) is 4.79 Å². The third kappa shape index (κ3) is 2.68. The number of fused-ring (bicyclic) bond motifs is 3. The van der Waals surface area contributed by atoms with E-state index < -0.39 is 11.6 Å². The molecule has 0 radical (unpaired) electrons. The molecule has 2 aliphatic rings. The van der Waals surface area contributed by atoms with Crippen LogP contribution < -0.4 is 4.90 Å². The van der Waals surface area contributed by atoms with Gasteiger partial charge in [0.1, 0.15) is 6.61 Å². The molecule has 4 rings (SSSR count). The highest BCUT2D eigenvalue weighted by molar-refractivity contribution is 6.15. The van der Waals surface area contributed by atoms with Crippen LogP contribution in [0.4, 0.5) is 5.69 Å². The molecule has 0 unspecified atom stereocenters. The summed E-state index contributed by atoms with van der Waals surface area (Å²) in [6.07, 6.45) is 1.10. The lowest BCUT2D eigenvalue weighted by atomic mass is 9.96. The predicted molar refractivity (Wildman–Crippen MR) is 103 cm³/mol. The first-order valence-corrected chi connectivity index (χ1v) is 9.55. The number of nitrogens with zero attached hydrogens (tertiary/aromatic N) is 2. The van der Waals surface area contributed by atoms with Crippen LogP contribution in [0, 0.1) is 0 Å². The largest absolute Gasteiger partial charge is 0.458 e. The highest BCUT2D eigenvalue weighted by Crippen LogP contribution is 2.45. The zero-order valence-electron chi connectivity index (χ0n) is 15.8. The van der Waals surface area contributed by atoms with Crippen molar-refractivity contribution in [3.05, 3.63) is 65.7 Å². The van der Waals surface area contributed by atoms with Crippen LogP contribution in [-0.2, 0) is 20.9 Å². The van der Waals surface area contributed by atoms with E-state index in [4.69, 9.17) is 4.74 Å². The van der Waals surface area contributed by atoms with Crippen molar-refractivity contribution >= 4 is 23.5 Å². The van der Waals surface area contributed by atoms with Gasteiger partial charge >= 0.3 is 5.97 Å². The van der Waals surface area contributed by atoms with Crippen LogP contribution in [0.3, 0.4) is 0 Å². The first-order chi connectivity index (χ1) is 13.6. The minimum Gasteiger partial charge on any atom is -0.458 e. The first kappa shape index (κ1) is 18.2. The monoisotopic (exact) mass is 378 g/mol. The van der Waals surface area contributed by atoms with Crippen molar-refractivity contribution < 1.29 is 19.1 Å². The average molecular weight is 378 g/mol. The van der Waals surface area contributed by atoms with E-state index in [1.165, 1.54) is 9.80 Å². The molecule has 6 heteroatoms. The van der Waals surface area contributed by atoms with E-state index in [-0.39, 0.29) is 31.3 Å². The molecule has 144 valence electrons. The van der Waals surface area contributed by atoms with E-state index in [1.807, 2.05) is 37.3 Å². The maximum Gasteiger partial charge on any atom is 0.354 e. The molecule has 1 atom stereocenters. The maximum absolute atomic E-state index is 13.4. The number of carbonyl (C=O) groups is 3. The Bertz CT molecular complexity index is 927. The first-order valence-electron chi connectivity index (χ1n) is 9.55. The minimum atomic E-state index is -1.41. The van der Waals surface area contributed by atoms with E-state index in [0.717, 1.165) is 5.56 Å². The number of ether oxygens (including phenoxy) is 1. The predicted octanol–water partition coefficient (Wildman–Crippen LogP) is 3.12. The van der Waals surface area contributed by atoms with Crippen LogP contribution in [0.5, 0.6) is 0 Å². The number of esters is 1. The van der Waals surface area contributed by atoms with Gasteiger partial charge in [-0.3, -0.25) is 14.5 Å². The Morgan fingerprint density at radius 3 is 2.54 bits per heavy atom. The molecule has 0 aromatic heterocycles. The number of rotatable bonds is 5. The third-order valence-electron chi connectivity index (χ3n) is 5.36. The average Bonchev–Trinajstić information content (AvgIpc) is 3.08. The second-order valence-corrected chi connectivity index (χ2v) is 7.08. The van der Waals surface area contributed by atoms with Gasteiger partial charge in [0.2, 0.25) is 11.6 Å². The lowest BCUT2D eigenvalue weighted by molar-refractivity contribution is -0.158. The summed E-state index contributed by atoms with van der Waals surface area (Å²) in [6.45, 7) is 2.41. The summed E-state index contributed by atoms with van der Waals surface area (Å²) in [5.41, 5.74) is 0.372. The molecule has 1 saturated heterocycles. The van der Waals surface area contributed by atoms with Crippen molar-refractivity contribution in [3.63, 3.8) is 0 Å². The second-order valence-electron chi connectivity index (χ2n) is 7.08. The topological polar surface area (TPSA) is 66.9 Å². The van der Waals surface area contributed by atoms with Gasteiger partial charge in [0, 0.05) is 19.4 Å². The normalized spacial score (nSPS) is 20.8. The SMILES string of the molecule is CCCN1C(=O)c2ccccc2N2C(=O)CC[C@]12C(=O)OCc1ccccc1. The van der Waals surface area contributed by atoms with Crippen molar-refractivity contribution in [2.75, 3.05) is 11.4 Å². The van der Waals surface area contributed by atoms with Crippen molar-refractivity contribution in [1.82, 2.24) is 4.90 Å². The molecular weight excluding hydrogens is 356 g/mol. The summed E-state index contributed by atoms with van der Waals surface area (Å²) in [4.78, 5) is 42.4. The van der Waals surface area contributed by atoms with E-state index in [0.29, 0.717) is 24.2 Å². The summed E-state index contributed by atoms with van der Waals surface area (Å²) in [5, 5.41) is 0. The van der Waals surface area contributed by atoms with Crippen LogP contribution >= 0.6 is 0 Å². The van der Waals surface area contributed by atoms with E-state index in [2.05, 4.69) is 0 Å². The fourth-order valence-electron chi connectivity index (χ4n) is 4.12. The molecule has 28 heavy (non-hydrogen) atoms. The fourth-order valence-corrected chi connectivity index (χ4v) is 4.12. The smallest absolute Gasteiger partial charge is 0.354 e. The van der Waals surface area contributed by atoms with Gasteiger partial charge < -0.3 is 9.64 Å². The fraction of sp³-hybridized carbons (Fsp3) is 0.318. The van der Waals surface area contributed by atoms with Crippen LogP contribution in [-0.4, -0.2) is 34.9 Å². The van der Waals surface area contributed by atoms with E-state index in [1.54, 1.807) is 24.3 Å². The molecule has 2 aromatic carbocycles. The highest BCUT2D eigenvalue weighted by Gasteiger charge is 2.61. The van der Waals surface area contributed by atoms with Crippen molar-refractivity contribution in [3.8, 4) is 0 Å². The Balaban J connectivity index is 1.75. The summed E-state index contributed by atoms with van der Waals surface area (Å²) in [6, 6.07) is 16.3. The van der Waals surface area contributed by atoms with Gasteiger partial charge in [0.25, 0.3) is 5.91 Å². The summed E-state index contributed by atoms with van der Waals surface area (Å²) < 4.78 is 5.63. The van der Waals surface area contributed by atoms with E-state index in [9.17, 15) is 14.4 Å². The summed E-state index contributed by atoms with van der Waals surface area (Å²) >= 11 is 0. The van der Waals surface area contributed by atoms with Gasteiger partial charge in [0.05, 0.1) is 11.3 Å². The van der Waals surface area contributed by atoms with Gasteiger partial charge in [0.15, 0.2) is 0 Å². The highest BCUT2D eigenvalue weighted by atomic mass is 16.5. The number of benzene rings is 2. The Labute approximate surface area is 163 Å². The van der Waals surface area contributed by atoms with Crippen LogP contribution in [0.25, 0.3) is 0 Å². The zero-order valence-corrected chi connectivity index (χ0v) is 15.8. The van der Waals surface area contributed by atoms with Crippen molar-refractivity contribution in [2.24, 2.45) is 0 Å². The number of carbonyl (C=O) groups excluding carboxylic acids is 3. The Morgan fingerprint density at radius 2 is 1.79 bits per heavy atom. The van der Waals surface area contributed by atoms with Crippen LogP contribution in [0.15, 0.2) is 54.6 Å². The number of hydrogen-bond acceptors (Lipinski definition) is 4. The molecule has 6 nitrogen and oxygen atoms in total. The Morgan fingerprint density at radius 1 is 1.07 bits per heavy atom. The van der Waals surface area contributed by atoms with E-state index >= 15 is 0 Å². The van der Waals surface area contributed by atoms with Crippen molar-refractivity contribution in [1.29, 1.82) is 0 Å². The molecule has 0 spiro atoms. The Hall–Kier alpha value is -3.15. The van der Waals surface area contributed by atoms with Gasteiger partial charge in [-0.15, -0.1) is 0 Å². The van der Waals surface area contributed by atoms with Gasteiger partial charge in [-0.2, -0.15) is 0 Å². The molecule has 0 aliphatic carbocycles. The standard InChI is InChI=1S/C22H22N2O4/c1-2-14-23-20(26)17-10-6-7-11-18(17)24-19(25)12-13-22(23,24)21(27)28-15-16-8-4-3-5-9-16/h3-11H,2,12-15H2,1H3/t22-/m0/s1. The minimum absolute atomic E-state index is 0.0965. The maximum atomic E-state index is 13.4. The molecule has 2 heterocycles. The van der Waals surface area contributed by atoms with Crippen LogP contribution in [0.1, 0.15) is 42.1 Å². The lowest BCUT2D eigenvalue weighted by Gasteiger charge is -2.48. The number of hydrogen-bond donors (Lipinski definition) is 0. The quantitative estimate of drug-likeness (QED) is 0.750. The molecule has 2 aromatic rings. The number of anilines is 1. The summed E-state index contributed by atoms with van der Waals surface area (Å²) in [7, 11) is 0. The molecule has 0 bridgehead atoms. The third-order valence-corrected chi connectivity index (χ3v) is 5.36. The second kappa shape index (κ2) is 7.11. The molecule has 1 fully saturated rings. The van der Waals surface area contributed by atoms with Gasteiger partial charge in [-0.1, -0.05) is 49.4 Å². The number of amides is 2. The zero-order chi connectivity index (χ0) is 19.7. The Kier molecular flexibility index (Phi) is 4.63. The van der Waals surface area contributed by atoms with Gasteiger partial charge in [-0.05, 0) is 24.1 Å². The molecular formula is C22H22N2O4. The molecule has 2 aliphatic heterocycles. The summed E-state index contributed by atoms with van der Waals surface area (Å²) in [5.74, 6) is -0.962. The van der Waals surface area contributed by atoms with Crippen molar-refractivity contribution in [2.45, 2.75) is 38.5 Å². The molecule has 2 amide bonds. The number of para-hydroxylation sites is 1. The lowest BCUT2D eigenvalue weighted by Crippen LogP contribution is -2.68. The van der Waals surface area contributed by atoms with Crippen LogP contribution in [0.2, 0.25) is 0 Å². The molecule has 0 N–H and O–H groups in total. The molecule has 0 saturated carbocycles.